The molecule has 2 saturated heterocycles. The second-order valence-electron chi connectivity index (χ2n) is 10.0. The number of nitrogens with zero attached hydrogens (tertiary/aromatic N) is 6. The van der Waals surface area contributed by atoms with Crippen LogP contribution in [0, 0.1) is 17.2 Å². The minimum Gasteiger partial charge on any atom is -0.462 e. The summed E-state index contributed by atoms with van der Waals surface area (Å²) in [5.41, 5.74) is 3.59. The summed E-state index contributed by atoms with van der Waals surface area (Å²) in [6.45, 7) is 5.41. The lowest BCUT2D eigenvalue weighted by atomic mass is 9.95. The quantitative estimate of drug-likeness (QED) is 0.645. The standard InChI is InChI=1S/C27H36N6O/c1-31-15-6-11-23(31)20-34-27-29-25-19-32(22-9-3-2-4-10-22)16-7-12-24(25)26(30-27)33-17-5-8-21(18-33)13-14-28/h2-4,9-10,21,23H,5-8,11-13,15-20H2,1H3/t21-,23-/m0/s1. The van der Waals surface area contributed by atoms with E-state index >= 15 is 0 Å². The summed E-state index contributed by atoms with van der Waals surface area (Å²) in [5, 5.41) is 9.26. The normalized spacial score (nSPS) is 23.3. The Hall–Kier alpha value is -2.85. The number of para-hydroxylation sites is 1. The van der Waals surface area contributed by atoms with Crippen LogP contribution in [0.2, 0.25) is 0 Å². The van der Waals surface area contributed by atoms with Crippen molar-refractivity contribution < 1.29 is 4.74 Å². The molecule has 0 saturated carbocycles. The van der Waals surface area contributed by atoms with Crippen molar-refractivity contribution in [2.24, 2.45) is 5.92 Å². The van der Waals surface area contributed by atoms with Crippen LogP contribution in [-0.4, -0.2) is 60.7 Å². The Kier molecular flexibility index (Phi) is 7.15. The zero-order valence-electron chi connectivity index (χ0n) is 20.3. The monoisotopic (exact) mass is 460 g/mol. The van der Waals surface area contributed by atoms with E-state index in [0.717, 1.165) is 76.3 Å². The number of likely N-dealkylation sites (tertiary alicyclic amines) is 1. The number of benzene rings is 1. The Labute approximate surface area is 203 Å². The number of nitriles is 1. The number of rotatable bonds is 6. The lowest BCUT2D eigenvalue weighted by Crippen LogP contribution is -2.37. The second-order valence-corrected chi connectivity index (χ2v) is 10.0. The summed E-state index contributed by atoms with van der Waals surface area (Å²) in [7, 11) is 2.17. The van der Waals surface area contributed by atoms with Crippen molar-refractivity contribution in [1.29, 1.82) is 5.26 Å². The Bertz CT molecular complexity index is 1010. The fourth-order valence-electron chi connectivity index (χ4n) is 5.69. The minimum atomic E-state index is 0.410. The number of piperidine rings is 1. The molecule has 0 spiro atoms. The van der Waals surface area contributed by atoms with Gasteiger partial charge in [0, 0.05) is 43.3 Å². The molecule has 5 rings (SSSR count). The fraction of sp³-hybridized carbons (Fsp3) is 0.593. The van der Waals surface area contributed by atoms with Gasteiger partial charge in [0.05, 0.1) is 18.3 Å². The maximum Gasteiger partial charge on any atom is 0.318 e. The SMILES string of the molecule is CN1CCC[C@H]1COc1nc2c(c(N3CCC[C@@H](CC#N)C3)n1)CCCN(c1ccccc1)C2. The molecule has 34 heavy (non-hydrogen) atoms. The Morgan fingerprint density at radius 1 is 1.03 bits per heavy atom. The minimum absolute atomic E-state index is 0.410. The summed E-state index contributed by atoms with van der Waals surface area (Å²) in [5.74, 6) is 1.45. The van der Waals surface area contributed by atoms with Crippen molar-refractivity contribution >= 4 is 11.5 Å². The summed E-state index contributed by atoms with van der Waals surface area (Å²) in [4.78, 5) is 17.2. The smallest absolute Gasteiger partial charge is 0.318 e. The number of ether oxygens (including phenoxy) is 1. The van der Waals surface area contributed by atoms with Crippen molar-refractivity contribution in [2.75, 3.05) is 49.6 Å². The summed E-state index contributed by atoms with van der Waals surface area (Å²) in [6.07, 6.45) is 7.27. The van der Waals surface area contributed by atoms with Crippen LogP contribution in [0.1, 0.15) is 49.8 Å². The molecule has 180 valence electrons. The van der Waals surface area contributed by atoms with Gasteiger partial charge in [0.15, 0.2) is 0 Å². The molecule has 2 fully saturated rings. The van der Waals surface area contributed by atoms with Gasteiger partial charge >= 0.3 is 6.01 Å². The highest BCUT2D eigenvalue weighted by Crippen LogP contribution is 2.33. The first-order valence-electron chi connectivity index (χ1n) is 12.9. The molecule has 7 nitrogen and oxygen atoms in total. The predicted octanol–water partition coefficient (Wildman–Crippen LogP) is 4.03. The van der Waals surface area contributed by atoms with Crippen molar-refractivity contribution in [2.45, 2.75) is 57.5 Å². The molecular formula is C27H36N6O. The largest absolute Gasteiger partial charge is 0.462 e. The van der Waals surface area contributed by atoms with Gasteiger partial charge in [-0.2, -0.15) is 15.2 Å². The number of likely N-dealkylation sites (N-methyl/N-ethyl adjacent to an activating group) is 1. The van der Waals surface area contributed by atoms with E-state index in [1.165, 1.54) is 17.7 Å². The molecule has 0 unspecified atom stereocenters. The van der Waals surface area contributed by atoms with Crippen LogP contribution in [-0.2, 0) is 13.0 Å². The number of fused-ring (bicyclic) bond motifs is 1. The maximum absolute atomic E-state index is 9.26. The molecule has 4 heterocycles. The van der Waals surface area contributed by atoms with Gasteiger partial charge in [0.1, 0.15) is 12.4 Å². The highest BCUT2D eigenvalue weighted by molar-refractivity contribution is 5.54. The lowest BCUT2D eigenvalue weighted by Gasteiger charge is -2.34. The molecule has 2 aromatic rings. The van der Waals surface area contributed by atoms with E-state index in [9.17, 15) is 5.26 Å². The summed E-state index contributed by atoms with van der Waals surface area (Å²) >= 11 is 0. The number of aromatic nitrogens is 2. The van der Waals surface area contributed by atoms with Gasteiger partial charge in [-0.05, 0) is 70.2 Å². The highest BCUT2D eigenvalue weighted by Gasteiger charge is 2.28. The van der Waals surface area contributed by atoms with E-state index in [2.05, 4.69) is 58.1 Å². The molecule has 0 bridgehead atoms. The summed E-state index contributed by atoms with van der Waals surface area (Å²) in [6, 6.07) is 13.9. The molecule has 3 aliphatic heterocycles. The van der Waals surface area contributed by atoms with Crippen LogP contribution >= 0.6 is 0 Å². The van der Waals surface area contributed by atoms with Gasteiger partial charge < -0.3 is 19.4 Å². The van der Waals surface area contributed by atoms with Gasteiger partial charge in [0.2, 0.25) is 0 Å². The van der Waals surface area contributed by atoms with E-state index in [1.807, 2.05) is 0 Å². The third-order valence-electron chi connectivity index (χ3n) is 7.64. The molecule has 3 aliphatic rings. The molecule has 1 aromatic heterocycles. The van der Waals surface area contributed by atoms with Crippen LogP contribution in [0.15, 0.2) is 30.3 Å². The first kappa shape index (κ1) is 22.9. The molecule has 0 aliphatic carbocycles. The van der Waals surface area contributed by atoms with E-state index in [0.29, 0.717) is 31.0 Å². The Balaban J connectivity index is 1.45. The van der Waals surface area contributed by atoms with Crippen molar-refractivity contribution in [3.8, 4) is 12.1 Å². The topological polar surface area (TPSA) is 68.5 Å². The van der Waals surface area contributed by atoms with Gasteiger partial charge in [0.25, 0.3) is 0 Å². The first-order chi connectivity index (χ1) is 16.7. The van der Waals surface area contributed by atoms with E-state index in [4.69, 9.17) is 14.7 Å². The number of anilines is 2. The number of hydrogen-bond acceptors (Lipinski definition) is 7. The first-order valence-corrected chi connectivity index (χ1v) is 12.9. The number of hydrogen-bond donors (Lipinski definition) is 0. The average Bonchev–Trinajstić information content (AvgIpc) is 3.15. The third kappa shape index (κ3) is 5.12. The summed E-state index contributed by atoms with van der Waals surface area (Å²) < 4.78 is 6.25. The van der Waals surface area contributed by atoms with Gasteiger partial charge in [-0.3, -0.25) is 0 Å². The molecular weight excluding hydrogens is 424 g/mol. The predicted molar refractivity (Wildman–Crippen MR) is 134 cm³/mol. The van der Waals surface area contributed by atoms with E-state index in [1.54, 1.807) is 0 Å². The van der Waals surface area contributed by atoms with E-state index in [-0.39, 0.29) is 0 Å². The molecule has 0 amide bonds. The lowest BCUT2D eigenvalue weighted by molar-refractivity contribution is 0.187. The van der Waals surface area contributed by atoms with E-state index < -0.39 is 0 Å². The molecule has 2 atom stereocenters. The van der Waals surface area contributed by atoms with Crippen molar-refractivity contribution in [1.82, 2.24) is 14.9 Å². The third-order valence-corrected chi connectivity index (χ3v) is 7.64. The second kappa shape index (κ2) is 10.6. The van der Waals surface area contributed by atoms with Crippen molar-refractivity contribution in [3.63, 3.8) is 0 Å². The Morgan fingerprint density at radius 3 is 2.65 bits per heavy atom. The van der Waals surface area contributed by atoms with Crippen LogP contribution in [0.3, 0.4) is 0 Å². The maximum atomic E-state index is 9.26. The van der Waals surface area contributed by atoms with Gasteiger partial charge in [-0.25, -0.2) is 0 Å². The van der Waals surface area contributed by atoms with Gasteiger partial charge in [-0.1, -0.05) is 18.2 Å². The van der Waals surface area contributed by atoms with Crippen LogP contribution in [0.5, 0.6) is 6.01 Å². The highest BCUT2D eigenvalue weighted by atomic mass is 16.5. The van der Waals surface area contributed by atoms with Gasteiger partial charge in [-0.15, -0.1) is 0 Å². The Morgan fingerprint density at radius 2 is 1.85 bits per heavy atom. The van der Waals surface area contributed by atoms with Crippen LogP contribution in [0.4, 0.5) is 11.5 Å². The van der Waals surface area contributed by atoms with Crippen molar-refractivity contribution in [3.05, 3.63) is 41.6 Å². The zero-order valence-corrected chi connectivity index (χ0v) is 20.3. The van der Waals surface area contributed by atoms with Crippen LogP contribution < -0.4 is 14.5 Å². The fourth-order valence-corrected chi connectivity index (χ4v) is 5.69. The average molecular weight is 461 g/mol. The zero-order chi connectivity index (χ0) is 23.3. The van der Waals surface area contributed by atoms with Crippen LogP contribution in [0.25, 0.3) is 0 Å². The molecule has 1 aromatic carbocycles. The molecule has 0 N–H and O–H groups in total. The molecule has 0 radical (unpaired) electrons. The molecule has 7 heteroatoms.